The van der Waals surface area contributed by atoms with Crippen LogP contribution in [0.15, 0.2) is 60.0 Å². The molecule has 0 saturated heterocycles. The highest BCUT2D eigenvalue weighted by Gasteiger charge is 2.12. The molecule has 0 aliphatic heterocycles. The molecule has 0 unspecified atom stereocenters. The minimum atomic E-state index is -0.0312. The van der Waals surface area contributed by atoms with Gasteiger partial charge in [-0.2, -0.15) is 17.0 Å². The summed E-state index contributed by atoms with van der Waals surface area (Å²) in [6.07, 6.45) is 2.60. The number of thioether (sulfide) groups is 2. The fraction of sp³-hybridized carbons (Fsp3) is 0.273. The maximum atomic E-state index is 12.2. The molecular weight excluding hydrogens is 414 g/mol. The molecule has 1 heterocycles. The van der Waals surface area contributed by atoms with Gasteiger partial charge < -0.3 is 5.32 Å². The molecular formula is C22H23N5OS2. The minimum absolute atomic E-state index is 0.0312. The van der Waals surface area contributed by atoms with Gasteiger partial charge in [-0.05, 0) is 29.7 Å². The minimum Gasteiger partial charge on any atom is -0.355 e. The topological polar surface area (TPSA) is 83.6 Å². The number of nitrogens with zero attached hydrogens (tertiary/aromatic N) is 4. The van der Waals surface area contributed by atoms with Crippen molar-refractivity contribution in [3.8, 4) is 11.8 Å². The number of hydrogen-bond acceptors (Lipinski definition) is 6. The van der Waals surface area contributed by atoms with Crippen molar-refractivity contribution in [2.75, 3.05) is 18.1 Å². The van der Waals surface area contributed by atoms with Crippen LogP contribution in [0.3, 0.4) is 0 Å². The Hall–Kier alpha value is -2.76. The molecule has 0 saturated carbocycles. The van der Waals surface area contributed by atoms with Gasteiger partial charge in [0, 0.05) is 18.1 Å². The van der Waals surface area contributed by atoms with Crippen LogP contribution in [0.2, 0.25) is 0 Å². The quantitative estimate of drug-likeness (QED) is 0.383. The molecule has 0 aliphatic rings. The van der Waals surface area contributed by atoms with Crippen LogP contribution in [-0.4, -0.2) is 38.7 Å². The molecule has 3 aromatic rings. The number of aromatic nitrogens is 3. The molecule has 1 aromatic heterocycles. The zero-order valence-electron chi connectivity index (χ0n) is 16.7. The zero-order valence-corrected chi connectivity index (χ0v) is 18.4. The van der Waals surface area contributed by atoms with E-state index >= 15 is 0 Å². The molecule has 1 amide bonds. The van der Waals surface area contributed by atoms with E-state index in [1.807, 2.05) is 47.0 Å². The Morgan fingerprint density at radius 1 is 1.17 bits per heavy atom. The fourth-order valence-electron chi connectivity index (χ4n) is 2.91. The molecule has 0 bridgehead atoms. The molecule has 30 heavy (non-hydrogen) atoms. The van der Waals surface area contributed by atoms with Crippen molar-refractivity contribution >= 4 is 29.4 Å². The van der Waals surface area contributed by atoms with Gasteiger partial charge in [0.2, 0.25) is 5.91 Å². The maximum Gasteiger partial charge on any atom is 0.230 e. The predicted molar refractivity (Wildman–Crippen MR) is 122 cm³/mol. The summed E-state index contributed by atoms with van der Waals surface area (Å²) in [6.45, 7) is 2.70. The van der Waals surface area contributed by atoms with Gasteiger partial charge in [-0.15, -0.1) is 10.2 Å². The Morgan fingerprint density at radius 2 is 1.93 bits per heavy atom. The summed E-state index contributed by atoms with van der Waals surface area (Å²) in [5.41, 5.74) is 3.98. The molecule has 6 nitrogen and oxygen atoms in total. The predicted octanol–water partition coefficient (Wildman–Crippen LogP) is 3.84. The lowest BCUT2D eigenvalue weighted by Crippen LogP contribution is -2.27. The highest BCUT2D eigenvalue weighted by atomic mass is 32.2. The smallest absolute Gasteiger partial charge is 0.230 e. The number of nitrogens with one attached hydrogen (secondary N) is 1. The van der Waals surface area contributed by atoms with Crippen LogP contribution in [-0.2, 0) is 17.0 Å². The molecule has 0 radical (unpaired) electrons. The van der Waals surface area contributed by atoms with E-state index in [-0.39, 0.29) is 11.7 Å². The van der Waals surface area contributed by atoms with E-state index in [1.54, 1.807) is 18.1 Å². The molecule has 1 N–H and O–H groups in total. The van der Waals surface area contributed by atoms with Crippen LogP contribution in [0.5, 0.6) is 0 Å². The van der Waals surface area contributed by atoms with Crippen LogP contribution in [0.25, 0.3) is 5.69 Å². The zero-order chi connectivity index (χ0) is 21.2. The highest BCUT2D eigenvalue weighted by molar-refractivity contribution is 7.99. The summed E-state index contributed by atoms with van der Waals surface area (Å²) in [5.74, 6) is 1.80. The second-order valence-corrected chi connectivity index (χ2v) is 8.47. The Morgan fingerprint density at radius 3 is 2.73 bits per heavy atom. The monoisotopic (exact) mass is 437 g/mol. The highest BCUT2D eigenvalue weighted by Crippen LogP contribution is 2.22. The van der Waals surface area contributed by atoms with Gasteiger partial charge in [0.1, 0.15) is 6.33 Å². The van der Waals surface area contributed by atoms with Crippen molar-refractivity contribution in [3.05, 3.63) is 71.5 Å². The van der Waals surface area contributed by atoms with Crippen LogP contribution >= 0.6 is 23.5 Å². The van der Waals surface area contributed by atoms with Gasteiger partial charge in [0.05, 0.1) is 23.1 Å². The summed E-state index contributed by atoms with van der Waals surface area (Å²) in [4.78, 5) is 12.2. The number of carbonyl (C=O) groups is 1. The number of nitriles is 1. The molecule has 154 valence electrons. The summed E-state index contributed by atoms with van der Waals surface area (Å²) >= 11 is 3.07. The lowest BCUT2D eigenvalue weighted by Gasteiger charge is -2.10. The number of aryl methyl sites for hydroxylation is 1. The van der Waals surface area contributed by atoms with Crippen LogP contribution in [0, 0.1) is 11.3 Å². The van der Waals surface area contributed by atoms with Crippen molar-refractivity contribution in [2.24, 2.45) is 0 Å². The maximum absolute atomic E-state index is 12.2. The number of rotatable bonds is 10. The number of para-hydroxylation sites is 1. The normalized spacial score (nSPS) is 10.5. The number of amides is 1. The number of carbonyl (C=O) groups excluding carboxylic acids is 1. The van der Waals surface area contributed by atoms with Crippen molar-refractivity contribution in [1.82, 2.24) is 20.1 Å². The van der Waals surface area contributed by atoms with Crippen molar-refractivity contribution in [2.45, 2.75) is 24.3 Å². The summed E-state index contributed by atoms with van der Waals surface area (Å²) < 4.78 is 1.93. The van der Waals surface area contributed by atoms with E-state index in [0.29, 0.717) is 17.3 Å². The Labute approximate surface area is 185 Å². The summed E-state index contributed by atoms with van der Waals surface area (Å²) in [6, 6.07) is 17.9. The average Bonchev–Trinajstić information content (AvgIpc) is 3.26. The Bertz CT molecular complexity index is 1030. The average molecular weight is 438 g/mol. The summed E-state index contributed by atoms with van der Waals surface area (Å²) in [5, 5.41) is 20.9. The second kappa shape index (κ2) is 11.4. The standard InChI is InChI=1S/C22H23N5OS2/c1-2-17-7-5-6-10-20(17)27-16-25-26-22(27)30-15-21(28)24-11-12-29-14-19-9-4-3-8-18(19)13-23/h3-10,16H,2,11-12,14-15H2,1H3,(H,24,28). The lowest BCUT2D eigenvalue weighted by molar-refractivity contribution is -0.118. The molecule has 3 rings (SSSR count). The molecule has 2 aromatic carbocycles. The van der Waals surface area contributed by atoms with E-state index in [9.17, 15) is 4.79 Å². The van der Waals surface area contributed by atoms with Crippen molar-refractivity contribution in [3.63, 3.8) is 0 Å². The van der Waals surface area contributed by atoms with E-state index in [0.717, 1.165) is 29.2 Å². The van der Waals surface area contributed by atoms with Gasteiger partial charge in [0.15, 0.2) is 5.16 Å². The van der Waals surface area contributed by atoms with E-state index in [1.165, 1.54) is 17.3 Å². The SMILES string of the molecule is CCc1ccccc1-n1cnnc1SCC(=O)NCCSCc1ccccc1C#N. The first-order valence-corrected chi connectivity index (χ1v) is 11.8. The third-order valence-corrected chi connectivity index (χ3v) is 6.40. The molecule has 0 aliphatic carbocycles. The second-order valence-electron chi connectivity index (χ2n) is 6.43. The van der Waals surface area contributed by atoms with Crippen LogP contribution in [0.1, 0.15) is 23.6 Å². The van der Waals surface area contributed by atoms with Gasteiger partial charge in [-0.3, -0.25) is 9.36 Å². The Kier molecular flexibility index (Phi) is 8.36. The van der Waals surface area contributed by atoms with Gasteiger partial charge >= 0.3 is 0 Å². The van der Waals surface area contributed by atoms with E-state index < -0.39 is 0 Å². The van der Waals surface area contributed by atoms with E-state index in [4.69, 9.17) is 5.26 Å². The third-order valence-electron chi connectivity index (χ3n) is 4.44. The van der Waals surface area contributed by atoms with Crippen LogP contribution in [0.4, 0.5) is 0 Å². The third kappa shape index (κ3) is 5.88. The van der Waals surface area contributed by atoms with E-state index in [2.05, 4.69) is 34.6 Å². The first-order chi connectivity index (χ1) is 14.7. The summed E-state index contributed by atoms with van der Waals surface area (Å²) in [7, 11) is 0. The van der Waals surface area contributed by atoms with Gasteiger partial charge in [0.25, 0.3) is 0 Å². The first-order valence-electron chi connectivity index (χ1n) is 9.66. The fourth-order valence-corrected chi connectivity index (χ4v) is 4.53. The lowest BCUT2D eigenvalue weighted by atomic mass is 10.1. The molecule has 0 atom stereocenters. The van der Waals surface area contributed by atoms with Crippen LogP contribution < -0.4 is 5.32 Å². The Balaban J connectivity index is 1.43. The number of hydrogen-bond donors (Lipinski definition) is 1. The molecule has 0 spiro atoms. The molecule has 8 heteroatoms. The molecule has 0 fully saturated rings. The number of benzene rings is 2. The first kappa shape index (κ1) is 21.9. The van der Waals surface area contributed by atoms with Gasteiger partial charge in [-0.1, -0.05) is 55.1 Å². The van der Waals surface area contributed by atoms with Gasteiger partial charge in [-0.25, -0.2) is 0 Å². The van der Waals surface area contributed by atoms with Crippen molar-refractivity contribution < 1.29 is 4.79 Å². The largest absolute Gasteiger partial charge is 0.355 e. The van der Waals surface area contributed by atoms with Crippen molar-refractivity contribution in [1.29, 1.82) is 5.26 Å².